The molecule has 146 valence electrons. The fraction of sp³-hybridized carbons (Fsp3) is 0.368. The topological polar surface area (TPSA) is 77.4 Å². The number of hydrogen-bond donors (Lipinski definition) is 0. The highest BCUT2D eigenvalue weighted by Gasteiger charge is 2.20. The second kappa shape index (κ2) is 7.92. The number of thioether (sulfide) groups is 1. The fourth-order valence-electron chi connectivity index (χ4n) is 3.05. The Labute approximate surface area is 171 Å². The summed E-state index contributed by atoms with van der Waals surface area (Å²) >= 11 is 2.97. The minimum Gasteiger partial charge on any atom is -0.454 e. The van der Waals surface area contributed by atoms with Gasteiger partial charge in [0.05, 0.1) is 15.5 Å². The van der Waals surface area contributed by atoms with Crippen molar-refractivity contribution in [2.45, 2.75) is 25.8 Å². The predicted molar refractivity (Wildman–Crippen MR) is 110 cm³/mol. The van der Waals surface area contributed by atoms with Gasteiger partial charge in [0.15, 0.2) is 11.5 Å². The summed E-state index contributed by atoms with van der Waals surface area (Å²) in [5, 5.41) is 10.5. The van der Waals surface area contributed by atoms with E-state index in [1.807, 2.05) is 43.9 Å². The predicted octanol–water partition coefficient (Wildman–Crippen LogP) is 3.75. The van der Waals surface area contributed by atoms with Gasteiger partial charge in [0.1, 0.15) is 16.2 Å². The van der Waals surface area contributed by atoms with Crippen molar-refractivity contribution >= 4 is 39.2 Å². The second-order valence-corrected chi connectivity index (χ2v) is 8.35. The number of rotatable bonds is 6. The number of hydrogen-bond acceptors (Lipinski definition) is 8. The van der Waals surface area contributed by atoms with E-state index in [9.17, 15) is 4.79 Å². The van der Waals surface area contributed by atoms with Gasteiger partial charge in [0, 0.05) is 18.7 Å². The lowest BCUT2D eigenvalue weighted by molar-refractivity contribution is -0.127. The molecule has 4 rings (SSSR count). The third-order valence-electron chi connectivity index (χ3n) is 4.49. The maximum absolute atomic E-state index is 12.3. The zero-order valence-corrected chi connectivity index (χ0v) is 17.5. The lowest BCUT2D eigenvalue weighted by Crippen LogP contribution is -2.31. The third-order valence-corrected chi connectivity index (χ3v) is 6.40. The second-order valence-electron chi connectivity index (χ2n) is 6.19. The molecule has 0 saturated carbocycles. The number of carbonyl (C=O) groups is 1. The molecule has 0 saturated heterocycles. The third kappa shape index (κ3) is 3.51. The number of aryl methyl sites for hydroxylation is 1. The molecule has 0 unspecified atom stereocenters. The minimum atomic E-state index is 0.0942. The maximum atomic E-state index is 12.3. The summed E-state index contributed by atoms with van der Waals surface area (Å²) in [6.45, 7) is 7.56. The minimum absolute atomic E-state index is 0.0942. The Balaban J connectivity index is 1.66. The van der Waals surface area contributed by atoms with Gasteiger partial charge in [0.25, 0.3) is 0 Å². The Hall–Kier alpha value is -2.39. The van der Waals surface area contributed by atoms with Gasteiger partial charge in [-0.1, -0.05) is 11.8 Å². The van der Waals surface area contributed by atoms with Gasteiger partial charge >= 0.3 is 0 Å². The lowest BCUT2D eigenvalue weighted by atomic mass is 10.1. The number of thiazole rings is 1. The average molecular weight is 417 g/mol. The zero-order valence-electron chi connectivity index (χ0n) is 15.9. The van der Waals surface area contributed by atoms with E-state index in [-0.39, 0.29) is 12.7 Å². The number of ether oxygens (including phenoxy) is 2. The van der Waals surface area contributed by atoms with Gasteiger partial charge in [-0.3, -0.25) is 4.79 Å². The molecule has 0 spiro atoms. The van der Waals surface area contributed by atoms with Crippen LogP contribution in [0, 0.1) is 6.92 Å². The van der Waals surface area contributed by atoms with Crippen LogP contribution in [-0.4, -0.2) is 51.6 Å². The van der Waals surface area contributed by atoms with E-state index in [4.69, 9.17) is 9.47 Å². The Morgan fingerprint density at radius 3 is 2.79 bits per heavy atom. The summed E-state index contributed by atoms with van der Waals surface area (Å²) in [6.07, 6.45) is 0. The molecular formula is C19H20N4O3S2. The number of benzene rings is 1. The molecule has 28 heavy (non-hydrogen) atoms. The number of aromatic nitrogens is 3. The Morgan fingerprint density at radius 1 is 1.21 bits per heavy atom. The van der Waals surface area contributed by atoms with E-state index in [0.29, 0.717) is 29.6 Å². The SMILES string of the molecule is CCN(CC)C(=O)CSc1nnc(-c2ccc3c(c2)OCO3)c2sc(C)nc12. The zero-order chi connectivity index (χ0) is 19.7. The van der Waals surface area contributed by atoms with Crippen LogP contribution in [-0.2, 0) is 4.79 Å². The van der Waals surface area contributed by atoms with E-state index < -0.39 is 0 Å². The van der Waals surface area contributed by atoms with Crippen LogP contribution >= 0.6 is 23.1 Å². The van der Waals surface area contributed by atoms with Crippen molar-refractivity contribution in [3.63, 3.8) is 0 Å². The molecule has 0 fully saturated rings. The lowest BCUT2D eigenvalue weighted by Gasteiger charge is -2.17. The summed E-state index contributed by atoms with van der Waals surface area (Å²) in [5.74, 6) is 1.86. The first-order valence-electron chi connectivity index (χ1n) is 9.05. The molecule has 0 atom stereocenters. The molecule has 9 heteroatoms. The average Bonchev–Trinajstić information content (AvgIpc) is 3.32. The molecule has 1 aliphatic heterocycles. The highest BCUT2D eigenvalue weighted by atomic mass is 32.2. The first-order valence-corrected chi connectivity index (χ1v) is 10.8. The van der Waals surface area contributed by atoms with Crippen molar-refractivity contribution in [2.24, 2.45) is 0 Å². The van der Waals surface area contributed by atoms with Gasteiger partial charge in [-0.15, -0.1) is 21.5 Å². The van der Waals surface area contributed by atoms with E-state index in [2.05, 4.69) is 15.2 Å². The largest absolute Gasteiger partial charge is 0.454 e. The van der Waals surface area contributed by atoms with Crippen LogP contribution in [0.15, 0.2) is 23.2 Å². The fourth-order valence-corrected chi connectivity index (χ4v) is 4.87. The van der Waals surface area contributed by atoms with Crippen LogP contribution in [0.3, 0.4) is 0 Å². The Kier molecular flexibility index (Phi) is 5.36. The molecule has 2 aromatic heterocycles. The molecule has 1 amide bonds. The summed E-state index contributed by atoms with van der Waals surface area (Å²) in [7, 11) is 0. The highest BCUT2D eigenvalue weighted by Crippen LogP contribution is 2.39. The van der Waals surface area contributed by atoms with Gasteiger partial charge in [-0.2, -0.15) is 0 Å². The van der Waals surface area contributed by atoms with Crippen LogP contribution in [0.4, 0.5) is 0 Å². The smallest absolute Gasteiger partial charge is 0.232 e. The summed E-state index contributed by atoms with van der Waals surface area (Å²) < 4.78 is 11.8. The summed E-state index contributed by atoms with van der Waals surface area (Å²) in [6, 6.07) is 5.74. The quantitative estimate of drug-likeness (QED) is 0.566. The van der Waals surface area contributed by atoms with Crippen molar-refractivity contribution < 1.29 is 14.3 Å². The Morgan fingerprint density at radius 2 is 2.00 bits per heavy atom. The molecule has 0 aliphatic carbocycles. The van der Waals surface area contributed by atoms with Crippen LogP contribution in [0.2, 0.25) is 0 Å². The van der Waals surface area contributed by atoms with Gasteiger partial charge < -0.3 is 14.4 Å². The molecule has 3 aromatic rings. The van der Waals surface area contributed by atoms with E-state index in [1.165, 1.54) is 11.8 Å². The van der Waals surface area contributed by atoms with Crippen LogP contribution < -0.4 is 9.47 Å². The molecule has 3 heterocycles. The molecule has 0 bridgehead atoms. The van der Waals surface area contributed by atoms with Crippen molar-refractivity contribution in [2.75, 3.05) is 25.6 Å². The first kappa shape index (κ1) is 18.9. The van der Waals surface area contributed by atoms with Crippen molar-refractivity contribution in [3.05, 3.63) is 23.2 Å². The summed E-state index contributed by atoms with van der Waals surface area (Å²) in [5.41, 5.74) is 2.46. The monoisotopic (exact) mass is 416 g/mol. The number of amides is 1. The summed E-state index contributed by atoms with van der Waals surface area (Å²) in [4.78, 5) is 18.8. The standard InChI is InChI=1S/C19H20N4O3S2/c1-4-23(5-2)15(24)9-27-19-17-18(28-11(3)20-17)16(21-22-19)12-6-7-13-14(8-12)26-10-25-13/h6-8H,4-5,9-10H2,1-3H3. The van der Waals surface area contributed by atoms with Crippen molar-refractivity contribution in [1.82, 2.24) is 20.1 Å². The molecular weight excluding hydrogens is 396 g/mol. The number of fused-ring (bicyclic) bond motifs is 2. The van der Waals surface area contributed by atoms with E-state index >= 15 is 0 Å². The molecule has 0 radical (unpaired) electrons. The maximum Gasteiger partial charge on any atom is 0.232 e. The van der Waals surface area contributed by atoms with Gasteiger partial charge in [-0.05, 0) is 39.0 Å². The number of nitrogens with zero attached hydrogens (tertiary/aromatic N) is 4. The van der Waals surface area contributed by atoms with Gasteiger partial charge in [0.2, 0.25) is 12.7 Å². The van der Waals surface area contributed by atoms with E-state index in [1.54, 1.807) is 11.3 Å². The molecule has 1 aromatic carbocycles. The van der Waals surface area contributed by atoms with Crippen LogP contribution in [0.5, 0.6) is 11.5 Å². The molecule has 7 nitrogen and oxygen atoms in total. The molecule has 0 N–H and O–H groups in total. The normalized spacial score (nSPS) is 12.5. The number of carbonyl (C=O) groups excluding carboxylic acids is 1. The van der Waals surface area contributed by atoms with Crippen molar-refractivity contribution in [1.29, 1.82) is 0 Å². The highest BCUT2D eigenvalue weighted by molar-refractivity contribution is 8.00. The van der Waals surface area contributed by atoms with E-state index in [0.717, 1.165) is 32.2 Å². The molecule has 1 aliphatic rings. The van der Waals surface area contributed by atoms with Gasteiger partial charge in [-0.25, -0.2) is 4.98 Å². The Bertz CT molecular complexity index is 1030. The van der Waals surface area contributed by atoms with Crippen LogP contribution in [0.25, 0.3) is 21.5 Å². The first-order chi connectivity index (χ1) is 13.6. The van der Waals surface area contributed by atoms with Crippen molar-refractivity contribution in [3.8, 4) is 22.8 Å². The van der Waals surface area contributed by atoms with Crippen LogP contribution in [0.1, 0.15) is 18.9 Å².